The van der Waals surface area contributed by atoms with Crippen LogP contribution in [-0.2, 0) is 10.0 Å². The number of H-pyrrole nitrogens is 1. The molecule has 0 saturated carbocycles. The van der Waals surface area contributed by atoms with E-state index >= 15 is 0 Å². The van der Waals surface area contributed by atoms with Crippen LogP contribution in [0.1, 0.15) is 25.5 Å². The van der Waals surface area contributed by atoms with Crippen LogP contribution in [0.3, 0.4) is 0 Å². The van der Waals surface area contributed by atoms with Crippen LogP contribution in [0.5, 0.6) is 0 Å². The number of benzene rings is 1. The second-order valence-corrected chi connectivity index (χ2v) is 9.23. The van der Waals surface area contributed by atoms with Gasteiger partial charge in [-0.3, -0.25) is 9.52 Å². The van der Waals surface area contributed by atoms with E-state index in [0.29, 0.717) is 22.1 Å². The van der Waals surface area contributed by atoms with Gasteiger partial charge in [-0.05, 0) is 36.2 Å². The van der Waals surface area contributed by atoms with E-state index in [2.05, 4.69) is 20.0 Å². The van der Waals surface area contributed by atoms with E-state index < -0.39 is 21.4 Å². The molecule has 30 heavy (non-hydrogen) atoms. The molecule has 2 heterocycles. The SMILES string of the molecule is CC(C)c1[nH]c(=O)c(-c2cc(Cl)ccc2F)cc1Nc1ccnc(NS(C)(=O)=O)c1. The molecule has 0 spiro atoms. The topological polar surface area (TPSA) is 104 Å². The van der Waals surface area contributed by atoms with Crippen molar-refractivity contribution in [2.24, 2.45) is 0 Å². The van der Waals surface area contributed by atoms with Gasteiger partial charge in [0.15, 0.2) is 0 Å². The number of aromatic amines is 1. The predicted molar refractivity (Wildman–Crippen MR) is 118 cm³/mol. The van der Waals surface area contributed by atoms with Gasteiger partial charge in [0.2, 0.25) is 10.0 Å². The summed E-state index contributed by atoms with van der Waals surface area (Å²) in [5.74, 6) is -0.482. The molecule has 0 aliphatic rings. The third-order valence-corrected chi connectivity index (χ3v) is 5.01. The third kappa shape index (κ3) is 5.17. The van der Waals surface area contributed by atoms with Crippen molar-refractivity contribution >= 4 is 38.8 Å². The Morgan fingerprint density at radius 1 is 1.13 bits per heavy atom. The number of hydrogen-bond donors (Lipinski definition) is 3. The molecule has 1 aromatic carbocycles. The summed E-state index contributed by atoms with van der Waals surface area (Å²) in [6.45, 7) is 3.80. The highest BCUT2D eigenvalue weighted by Crippen LogP contribution is 2.30. The number of sulfonamides is 1. The molecule has 3 aromatic rings. The van der Waals surface area contributed by atoms with Crippen LogP contribution in [0.25, 0.3) is 11.1 Å². The number of hydrogen-bond acceptors (Lipinski definition) is 5. The van der Waals surface area contributed by atoms with E-state index in [1.54, 1.807) is 12.1 Å². The maximum Gasteiger partial charge on any atom is 0.256 e. The lowest BCUT2D eigenvalue weighted by atomic mass is 10.0. The van der Waals surface area contributed by atoms with Crippen LogP contribution >= 0.6 is 11.6 Å². The highest BCUT2D eigenvalue weighted by Gasteiger charge is 2.16. The van der Waals surface area contributed by atoms with Crippen molar-refractivity contribution in [2.75, 3.05) is 16.3 Å². The highest BCUT2D eigenvalue weighted by atomic mass is 35.5. The van der Waals surface area contributed by atoms with Gasteiger partial charge in [0, 0.05) is 34.2 Å². The molecular weight excluding hydrogens is 431 g/mol. The fourth-order valence-electron chi connectivity index (χ4n) is 2.92. The Balaban J connectivity index is 2.09. The molecular formula is C20H20ClFN4O3S. The van der Waals surface area contributed by atoms with Gasteiger partial charge in [-0.15, -0.1) is 0 Å². The molecule has 0 amide bonds. The van der Waals surface area contributed by atoms with Crippen molar-refractivity contribution in [3.63, 3.8) is 0 Å². The summed E-state index contributed by atoms with van der Waals surface area (Å²) >= 11 is 5.98. The van der Waals surface area contributed by atoms with Crippen LogP contribution < -0.4 is 15.6 Å². The monoisotopic (exact) mass is 450 g/mol. The minimum absolute atomic E-state index is 0.0473. The van der Waals surface area contributed by atoms with Gasteiger partial charge >= 0.3 is 0 Å². The van der Waals surface area contributed by atoms with E-state index in [4.69, 9.17) is 11.6 Å². The second kappa shape index (κ2) is 8.45. The number of rotatable bonds is 6. The molecule has 0 radical (unpaired) electrons. The van der Waals surface area contributed by atoms with Gasteiger partial charge < -0.3 is 10.3 Å². The first-order valence-electron chi connectivity index (χ1n) is 8.97. The Bertz CT molecular complexity index is 1260. The smallest absolute Gasteiger partial charge is 0.256 e. The van der Waals surface area contributed by atoms with Crippen molar-refractivity contribution in [2.45, 2.75) is 19.8 Å². The number of nitrogens with one attached hydrogen (secondary N) is 3. The molecule has 0 fully saturated rings. The van der Waals surface area contributed by atoms with Crippen molar-refractivity contribution in [1.29, 1.82) is 0 Å². The van der Waals surface area contributed by atoms with E-state index in [1.165, 1.54) is 30.5 Å². The number of anilines is 3. The molecule has 3 N–H and O–H groups in total. The molecule has 0 bridgehead atoms. The maximum absolute atomic E-state index is 14.4. The largest absolute Gasteiger partial charge is 0.354 e. The van der Waals surface area contributed by atoms with Crippen molar-refractivity contribution < 1.29 is 12.8 Å². The van der Waals surface area contributed by atoms with Crippen LogP contribution in [0.4, 0.5) is 21.6 Å². The van der Waals surface area contributed by atoms with E-state index in [0.717, 1.165) is 6.26 Å². The van der Waals surface area contributed by atoms with Gasteiger partial charge in [0.25, 0.3) is 5.56 Å². The van der Waals surface area contributed by atoms with Crippen molar-refractivity contribution in [1.82, 2.24) is 9.97 Å². The fourth-order valence-corrected chi connectivity index (χ4v) is 3.58. The Labute approximate surface area is 178 Å². The predicted octanol–water partition coefficient (Wildman–Crippen LogP) is 4.47. The fraction of sp³-hybridized carbons (Fsp3) is 0.200. The first-order chi connectivity index (χ1) is 14.0. The van der Waals surface area contributed by atoms with E-state index in [9.17, 15) is 17.6 Å². The summed E-state index contributed by atoms with van der Waals surface area (Å²) in [4.78, 5) is 19.4. The molecule has 10 heteroatoms. The summed E-state index contributed by atoms with van der Waals surface area (Å²) in [5, 5.41) is 3.46. The Morgan fingerprint density at radius 2 is 1.87 bits per heavy atom. The Hall–Kier alpha value is -2.91. The van der Waals surface area contributed by atoms with Crippen LogP contribution in [0, 0.1) is 5.82 Å². The van der Waals surface area contributed by atoms with Crippen LogP contribution in [0.2, 0.25) is 5.02 Å². The molecule has 158 valence electrons. The highest BCUT2D eigenvalue weighted by molar-refractivity contribution is 7.92. The van der Waals surface area contributed by atoms with Gasteiger partial charge in [-0.25, -0.2) is 17.8 Å². The summed E-state index contributed by atoms with van der Waals surface area (Å²) in [6, 6.07) is 8.70. The standard InChI is InChI=1S/C20H20ClFN4O3S/c1-11(2)19-17(24-13-6-7-23-18(9-13)26-30(3,28)29)10-15(20(27)25-19)14-8-12(21)4-5-16(14)22/h4-11H,1-3H3,(H,25,27)(H2,23,24,26). The Morgan fingerprint density at radius 3 is 2.53 bits per heavy atom. The lowest BCUT2D eigenvalue weighted by molar-refractivity contribution is 0.606. The summed E-state index contributed by atoms with van der Waals surface area (Å²) < 4.78 is 39.6. The van der Waals surface area contributed by atoms with Gasteiger partial charge in [0.05, 0.1) is 17.5 Å². The number of nitrogens with zero attached hydrogens (tertiary/aromatic N) is 1. The van der Waals surface area contributed by atoms with Crippen LogP contribution in [0.15, 0.2) is 47.4 Å². The Kier molecular flexibility index (Phi) is 6.14. The zero-order chi connectivity index (χ0) is 22.1. The number of halogens is 2. The molecule has 0 atom stereocenters. The minimum atomic E-state index is -3.49. The number of pyridine rings is 2. The summed E-state index contributed by atoms with van der Waals surface area (Å²) in [7, 11) is -3.49. The quantitative estimate of drug-likeness (QED) is 0.514. The van der Waals surface area contributed by atoms with Crippen molar-refractivity contribution in [3.05, 3.63) is 69.5 Å². The van der Waals surface area contributed by atoms with Gasteiger partial charge in [-0.2, -0.15) is 0 Å². The molecule has 3 rings (SSSR count). The normalized spacial score (nSPS) is 11.5. The average Bonchev–Trinajstić information content (AvgIpc) is 2.63. The van der Waals surface area contributed by atoms with Crippen molar-refractivity contribution in [3.8, 4) is 11.1 Å². The maximum atomic E-state index is 14.4. The average molecular weight is 451 g/mol. The summed E-state index contributed by atoms with van der Waals surface area (Å²) in [5.41, 5.74) is 1.43. The molecule has 2 aromatic heterocycles. The molecule has 0 aliphatic carbocycles. The van der Waals surface area contributed by atoms with Crippen LogP contribution in [-0.4, -0.2) is 24.6 Å². The third-order valence-electron chi connectivity index (χ3n) is 4.20. The molecule has 7 nitrogen and oxygen atoms in total. The summed E-state index contributed by atoms with van der Waals surface area (Å²) in [6.07, 6.45) is 2.47. The van der Waals surface area contributed by atoms with E-state index in [1.807, 2.05) is 13.8 Å². The second-order valence-electron chi connectivity index (χ2n) is 7.05. The van der Waals surface area contributed by atoms with E-state index in [-0.39, 0.29) is 22.9 Å². The zero-order valence-corrected chi connectivity index (χ0v) is 18.0. The lowest BCUT2D eigenvalue weighted by Gasteiger charge is -2.17. The molecule has 0 unspecified atom stereocenters. The van der Waals surface area contributed by atoms with Gasteiger partial charge in [0.1, 0.15) is 11.6 Å². The van der Waals surface area contributed by atoms with Gasteiger partial charge in [-0.1, -0.05) is 25.4 Å². The number of aromatic nitrogens is 2. The molecule has 0 aliphatic heterocycles. The lowest BCUT2D eigenvalue weighted by Crippen LogP contribution is -2.15. The first kappa shape index (κ1) is 21.8. The zero-order valence-electron chi connectivity index (χ0n) is 16.5. The molecule has 0 saturated heterocycles. The minimum Gasteiger partial charge on any atom is -0.354 e. The first-order valence-corrected chi connectivity index (χ1v) is 11.2.